The van der Waals surface area contributed by atoms with Gasteiger partial charge in [0.25, 0.3) is 5.91 Å². The van der Waals surface area contributed by atoms with Crippen LogP contribution >= 0.6 is 0 Å². The Morgan fingerprint density at radius 1 is 1.03 bits per heavy atom. The minimum atomic E-state index is -3.33. The molecule has 1 heterocycles. The maximum Gasteiger partial charge on any atom is 0.257 e. The highest BCUT2D eigenvalue weighted by Crippen LogP contribution is 2.19. The molecule has 1 aliphatic heterocycles. The molecule has 0 radical (unpaired) electrons. The van der Waals surface area contributed by atoms with Crippen LogP contribution in [0.25, 0.3) is 0 Å². The lowest BCUT2D eigenvalue weighted by Gasteiger charge is -2.35. The van der Waals surface area contributed by atoms with Crippen molar-refractivity contribution < 1.29 is 17.9 Å². The molecule has 7 nitrogen and oxygen atoms in total. The summed E-state index contributed by atoms with van der Waals surface area (Å²) in [4.78, 5) is 14.1. The van der Waals surface area contributed by atoms with Crippen molar-refractivity contribution in [2.24, 2.45) is 0 Å². The molecule has 1 saturated heterocycles. The number of hydrogen-bond donors (Lipinski definition) is 1. The fraction of sp³-hybridized carbons (Fsp3) is 0.409. The van der Waals surface area contributed by atoms with Gasteiger partial charge in [0.05, 0.1) is 5.75 Å². The molecular weight excluding hydrogens is 402 g/mol. The molecule has 0 spiro atoms. The molecule has 0 aliphatic carbocycles. The van der Waals surface area contributed by atoms with Gasteiger partial charge in [0.2, 0.25) is 10.0 Å². The number of hydrogen-bond acceptors (Lipinski definition) is 5. The zero-order valence-electron chi connectivity index (χ0n) is 17.3. The highest BCUT2D eigenvalue weighted by molar-refractivity contribution is 7.89. The summed E-state index contributed by atoms with van der Waals surface area (Å²) in [6.07, 6.45) is 0.373. The Bertz CT molecular complexity index is 926. The monoisotopic (exact) mass is 431 g/mol. The summed E-state index contributed by atoms with van der Waals surface area (Å²) in [5, 5.41) is 2.71. The minimum absolute atomic E-state index is 0.0251. The fourth-order valence-electron chi connectivity index (χ4n) is 3.38. The predicted molar refractivity (Wildman–Crippen MR) is 118 cm³/mol. The van der Waals surface area contributed by atoms with Gasteiger partial charge in [-0.25, -0.2) is 8.42 Å². The minimum Gasteiger partial charge on any atom is -0.484 e. The summed E-state index contributed by atoms with van der Waals surface area (Å²) in [6, 6.07) is 17.3. The van der Waals surface area contributed by atoms with Crippen LogP contribution in [0.5, 0.6) is 5.75 Å². The molecule has 0 atom stereocenters. The van der Waals surface area contributed by atoms with Gasteiger partial charge in [-0.3, -0.25) is 4.79 Å². The summed E-state index contributed by atoms with van der Waals surface area (Å²) in [5.41, 5.74) is 2.33. The normalized spacial score (nSPS) is 15.0. The molecule has 0 bridgehead atoms. The average molecular weight is 432 g/mol. The first kappa shape index (κ1) is 22.1. The van der Waals surface area contributed by atoms with Crippen molar-refractivity contribution in [3.05, 3.63) is 60.2 Å². The van der Waals surface area contributed by atoms with E-state index in [9.17, 15) is 13.2 Å². The second-order valence-corrected chi connectivity index (χ2v) is 9.43. The Morgan fingerprint density at radius 3 is 2.47 bits per heavy atom. The van der Waals surface area contributed by atoms with E-state index >= 15 is 0 Å². The standard InChI is InChI=1S/C22H29N3O4S/c1-19-7-5-8-20(17-19)24-12-14-25(15-13-24)30(27,28)16-6-11-23-22(26)18-29-21-9-3-2-4-10-21/h2-5,7-10,17H,6,11-16,18H2,1H3,(H,23,26). The summed E-state index contributed by atoms with van der Waals surface area (Å²) in [6.45, 7) is 4.58. The van der Waals surface area contributed by atoms with Gasteiger partial charge in [0.15, 0.2) is 6.61 Å². The van der Waals surface area contributed by atoms with Crippen molar-refractivity contribution in [1.29, 1.82) is 0 Å². The number of anilines is 1. The number of rotatable bonds is 9. The number of benzene rings is 2. The van der Waals surface area contributed by atoms with Crippen LogP contribution in [0.15, 0.2) is 54.6 Å². The third-order valence-corrected chi connectivity index (χ3v) is 6.97. The zero-order chi connectivity index (χ0) is 21.4. The summed E-state index contributed by atoms with van der Waals surface area (Å²) >= 11 is 0. The second-order valence-electron chi connectivity index (χ2n) is 7.35. The molecular formula is C22H29N3O4S. The Hall–Kier alpha value is -2.58. The van der Waals surface area contributed by atoms with Crippen molar-refractivity contribution in [2.45, 2.75) is 13.3 Å². The lowest BCUT2D eigenvalue weighted by Crippen LogP contribution is -2.49. The van der Waals surface area contributed by atoms with E-state index in [1.54, 1.807) is 16.4 Å². The Morgan fingerprint density at radius 2 is 1.77 bits per heavy atom. The van der Waals surface area contributed by atoms with Gasteiger partial charge in [-0.15, -0.1) is 0 Å². The molecule has 30 heavy (non-hydrogen) atoms. The number of ether oxygens (including phenoxy) is 1. The number of nitrogens with one attached hydrogen (secondary N) is 1. The first-order valence-corrected chi connectivity index (χ1v) is 11.8. The van der Waals surface area contributed by atoms with E-state index in [4.69, 9.17) is 4.74 Å². The molecule has 1 amide bonds. The number of carbonyl (C=O) groups excluding carboxylic acids is 1. The van der Waals surface area contributed by atoms with Crippen molar-refractivity contribution >= 4 is 21.6 Å². The van der Waals surface area contributed by atoms with Gasteiger partial charge in [-0.1, -0.05) is 30.3 Å². The van der Waals surface area contributed by atoms with E-state index < -0.39 is 10.0 Å². The maximum absolute atomic E-state index is 12.6. The van der Waals surface area contributed by atoms with E-state index in [0.717, 1.165) is 5.69 Å². The van der Waals surface area contributed by atoms with Crippen LogP contribution in [0.2, 0.25) is 0 Å². The van der Waals surface area contributed by atoms with Crippen molar-refractivity contribution in [1.82, 2.24) is 9.62 Å². The number of carbonyl (C=O) groups is 1. The first-order valence-electron chi connectivity index (χ1n) is 10.2. The van der Waals surface area contributed by atoms with Crippen LogP contribution in [0.4, 0.5) is 5.69 Å². The molecule has 1 N–H and O–H groups in total. The highest BCUT2D eigenvalue weighted by Gasteiger charge is 2.26. The summed E-state index contributed by atoms with van der Waals surface area (Å²) in [5.74, 6) is 0.389. The van der Waals surface area contributed by atoms with Gasteiger partial charge in [0, 0.05) is 38.4 Å². The van der Waals surface area contributed by atoms with Gasteiger partial charge < -0.3 is 15.0 Å². The number of aryl methyl sites for hydroxylation is 1. The number of amides is 1. The lowest BCUT2D eigenvalue weighted by molar-refractivity contribution is -0.123. The Labute approximate surface area is 178 Å². The Balaban J connectivity index is 1.36. The van der Waals surface area contributed by atoms with Crippen molar-refractivity contribution in [3.8, 4) is 5.75 Å². The molecule has 2 aromatic rings. The SMILES string of the molecule is Cc1cccc(N2CCN(S(=O)(=O)CCCNC(=O)COc3ccccc3)CC2)c1. The van der Waals surface area contributed by atoms with Gasteiger partial charge >= 0.3 is 0 Å². The van der Waals surface area contributed by atoms with E-state index in [2.05, 4.69) is 35.3 Å². The van der Waals surface area contributed by atoms with Crippen LogP contribution in [0.3, 0.4) is 0 Å². The molecule has 1 aliphatic rings. The number of para-hydroxylation sites is 1. The largest absolute Gasteiger partial charge is 0.484 e. The lowest BCUT2D eigenvalue weighted by atomic mass is 10.2. The topological polar surface area (TPSA) is 79.0 Å². The van der Waals surface area contributed by atoms with E-state index in [1.165, 1.54) is 5.56 Å². The predicted octanol–water partition coefficient (Wildman–Crippen LogP) is 2.03. The average Bonchev–Trinajstić information content (AvgIpc) is 2.76. The zero-order valence-corrected chi connectivity index (χ0v) is 18.1. The van der Waals surface area contributed by atoms with Crippen LogP contribution in [-0.4, -0.2) is 63.7 Å². The van der Waals surface area contributed by atoms with E-state index in [-0.39, 0.29) is 18.3 Å². The molecule has 0 saturated carbocycles. The maximum atomic E-state index is 12.6. The molecule has 3 rings (SSSR count). The van der Waals surface area contributed by atoms with E-state index in [0.29, 0.717) is 44.9 Å². The third-order valence-electron chi connectivity index (χ3n) is 5.01. The molecule has 8 heteroatoms. The van der Waals surface area contributed by atoms with Crippen LogP contribution in [0.1, 0.15) is 12.0 Å². The molecule has 2 aromatic carbocycles. The smallest absolute Gasteiger partial charge is 0.257 e. The van der Waals surface area contributed by atoms with Crippen molar-refractivity contribution in [2.75, 3.05) is 50.0 Å². The summed E-state index contributed by atoms with van der Waals surface area (Å²) in [7, 11) is -3.33. The Kier molecular flexibility index (Phi) is 7.70. The van der Waals surface area contributed by atoms with Crippen LogP contribution in [-0.2, 0) is 14.8 Å². The fourth-order valence-corrected chi connectivity index (χ4v) is 4.86. The van der Waals surface area contributed by atoms with Gasteiger partial charge in [-0.2, -0.15) is 4.31 Å². The van der Waals surface area contributed by atoms with Crippen LogP contribution in [0, 0.1) is 6.92 Å². The van der Waals surface area contributed by atoms with Crippen LogP contribution < -0.4 is 15.0 Å². The number of piperazine rings is 1. The third kappa shape index (κ3) is 6.47. The first-order chi connectivity index (χ1) is 14.4. The van der Waals surface area contributed by atoms with Gasteiger partial charge in [-0.05, 0) is 43.2 Å². The summed E-state index contributed by atoms with van der Waals surface area (Å²) < 4.78 is 32.1. The number of sulfonamides is 1. The molecule has 1 fully saturated rings. The van der Waals surface area contributed by atoms with E-state index in [1.807, 2.05) is 24.3 Å². The molecule has 0 aromatic heterocycles. The second kappa shape index (κ2) is 10.4. The van der Waals surface area contributed by atoms with Gasteiger partial charge in [0.1, 0.15) is 5.75 Å². The molecule has 0 unspecified atom stereocenters. The van der Waals surface area contributed by atoms with Crippen molar-refractivity contribution in [3.63, 3.8) is 0 Å². The highest BCUT2D eigenvalue weighted by atomic mass is 32.2. The molecule has 162 valence electrons. The quantitative estimate of drug-likeness (QED) is 0.615. The number of nitrogens with zero attached hydrogens (tertiary/aromatic N) is 2.